The average molecular weight is 312 g/mol. The molecular weight excluding hydrogens is 288 g/mol. The topological polar surface area (TPSA) is 40.6 Å². The van der Waals surface area contributed by atoms with Crippen molar-refractivity contribution in [1.82, 2.24) is 9.80 Å². The van der Waals surface area contributed by atoms with Gasteiger partial charge < -0.3 is 9.80 Å². The molecule has 1 heterocycles. The van der Waals surface area contributed by atoms with Gasteiger partial charge in [-0.2, -0.15) is 0 Å². The molecule has 23 heavy (non-hydrogen) atoms. The molecule has 2 fully saturated rings. The van der Waals surface area contributed by atoms with Crippen molar-refractivity contribution in [2.75, 3.05) is 26.2 Å². The molecule has 1 saturated heterocycles. The fraction of sp³-hybridized carbons (Fsp3) is 0.579. The van der Waals surface area contributed by atoms with Gasteiger partial charge in [0.1, 0.15) is 0 Å². The van der Waals surface area contributed by atoms with Gasteiger partial charge in [0.25, 0.3) is 0 Å². The van der Waals surface area contributed by atoms with E-state index in [2.05, 4.69) is 18.2 Å². The third-order valence-electron chi connectivity index (χ3n) is 5.39. The highest BCUT2D eigenvalue weighted by Gasteiger charge is 2.35. The summed E-state index contributed by atoms with van der Waals surface area (Å²) in [6.07, 6.45) is 6.17. The number of carbonyl (C=O) groups excluding carboxylic acids is 2. The summed E-state index contributed by atoms with van der Waals surface area (Å²) in [5.41, 5.74) is 4.01. The zero-order valence-corrected chi connectivity index (χ0v) is 13.6. The summed E-state index contributed by atoms with van der Waals surface area (Å²) in [5.74, 6) is 0.779. The second kappa shape index (κ2) is 5.99. The van der Waals surface area contributed by atoms with Crippen LogP contribution in [0.1, 0.15) is 36.0 Å². The molecule has 2 amide bonds. The molecule has 3 aliphatic rings. The predicted molar refractivity (Wildman–Crippen MR) is 88.1 cm³/mol. The van der Waals surface area contributed by atoms with E-state index in [1.54, 1.807) is 0 Å². The summed E-state index contributed by atoms with van der Waals surface area (Å²) in [4.78, 5) is 28.4. The molecule has 0 radical (unpaired) electrons. The Labute approximate surface area is 137 Å². The quantitative estimate of drug-likeness (QED) is 0.854. The Morgan fingerprint density at radius 1 is 0.957 bits per heavy atom. The van der Waals surface area contributed by atoms with Gasteiger partial charge in [-0.3, -0.25) is 9.59 Å². The van der Waals surface area contributed by atoms with Crippen LogP contribution in [0.15, 0.2) is 18.2 Å². The van der Waals surface area contributed by atoms with E-state index >= 15 is 0 Å². The summed E-state index contributed by atoms with van der Waals surface area (Å²) < 4.78 is 0. The van der Waals surface area contributed by atoms with Gasteiger partial charge in [-0.05, 0) is 48.8 Å². The highest BCUT2D eigenvalue weighted by atomic mass is 16.2. The van der Waals surface area contributed by atoms with Crippen molar-refractivity contribution in [3.8, 4) is 0 Å². The highest BCUT2D eigenvalue weighted by Crippen LogP contribution is 2.31. The van der Waals surface area contributed by atoms with E-state index in [4.69, 9.17) is 0 Å². The molecule has 1 aromatic carbocycles. The summed E-state index contributed by atoms with van der Waals surface area (Å²) in [6.45, 7) is 2.76. The first-order valence-corrected chi connectivity index (χ1v) is 8.88. The van der Waals surface area contributed by atoms with E-state index in [0.29, 0.717) is 38.5 Å². The third-order valence-corrected chi connectivity index (χ3v) is 5.39. The van der Waals surface area contributed by atoms with E-state index in [9.17, 15) is 9.59 Å². The molecule has 2 aliphatic carbocycles. The van der Waals surface area contributed by atoms with Gasteiger partial charge in [0.15, 0.2) is 0 Å². The number of fused-ring (bicyclic) bond motifs is 1. The smallest absolute Gasteiger partial charge is 0.227 e. The lowest BCUT2D eigenvalue weighted by molar-refractivity contribution is -0.140. The number of hydrogen-bond donors (Lipinski definition) is 0. The summed E-state index contributed by atoms with van der Waals surface area (Å²) in [7, 11) is 0. The molecule has 0 unspecified atom stereocenters. The van der Waals surface area contributed by atoms with Gasteiger partial charge in [0.05, 0.1) is 6.42 Å². The molecule has 0 N–H and O–H groups in total. The van der Waals surface area contributed by atoms with Crippen LogP contribution in [0.3, 0.4) is 0 Å². The highest BCUT2D eigenvalue weighted by molar-refractivity contribution is 5.82. The summed E-state index contributed by atoms with van der Waals surface area (Å²) in [5, 5.41) is 0. The fourth-order valence-corrected chi connectivity index (χ4v) is 3.79. The minimum absolute atomic E-state index is 0.196. The second-order valence-electron chi connectivity index (χ2n) is 7.11. The summed E-state index contributed by atoms with van der Waals surface area (Å²) >= 11 is 0. The van der Waals surface area contributed by atoms with Crippen LogP contribution in [-0.2, 0) is 28.9 Å². The Balaban J connectivity index is 1.32. The number of rotatable bonds is 3. The largest absolute Gasteiger partial charge is 0.339 e. The Morgan fingerprint density at radius 3 is 2.39 bits per heavy atom. The molecule has 0 spiro atoms. The molecule has 0 bridgehead atoms. The third kappa shape index (κ3) is 3.12. The Hall–Kier alpha value is -1.84. The molecule has 0 aromatic heterocycles. The Bertz CT molecular complexity index is 628. The Kier molecular flexibility index (Phi) is 3.83. The first-order valence-electron chi connectivity index (χ1n) is 8.88. The number of hydrogen-bond acceptors (Lipinski definition) is 2. The van der Waals surface area contributed by atoms with Crippen LogP contribution >= 0.6 is 0 Å². The molecule has 4 heteroatoms. The van der Waals surface area contributed by atoms with E-state index in [1.165, 1.54) is 24.0 Å². The molecule has 1 aromatic rings. The number of nitrogens with zero attached hydrogens (tertiary/aromatic N) is 2. The average Bonchev–Trinajstić information content (AvgIpc) is 3.32. The second-order valence-corrected chi connectivity index (χ2v) is 7.11. The maximum Gasteiger partial charge on any atom is 0.227 e. The van der Waals surface area contributed by atoms with Gasteiger partial charge in [-0.1, -0.05) is 18.2 Å². The molecule has 4 rings (SSSR count). The van der Waals surface area contributed by atoms with Crippen LogP contribution in [0.2, 0.25) is 0 Å². The molecule has 0 atom stereocenters. The standard InChI is InChI=1S/C19H24N2O2/c22-18(13-14-4-5-15-2-1-3-17(15)12-14)20-8-10-21(11-9-20)19(23)16-6-7-16/h4-5,12,16H,1-3,6-11,13H2. The maximum atomic E-state index is 12.5. The lowest BCUT2D eigenvalue weighted by atomic mass is 10.0. The van der Waals surface area contributed by atoms with E-state index < -0.39 is 0 Å². The van der Waals surface area contributed by atoms with Crippen LogP contribution in [0.25, 0.3) is 0 Å². The van der Waals surface area contributed by atoms with Crippen LogP contribution in [-0.4, -0.2) is 47.8 Å². The number of amides is 2. The molecule has 4 nitrogen and oxygen atoms in total. The van der Waals surface area contributed by atoms with Gasteiger partial charge in [0, 0.05) is 32.1 Å². The zero-order valence-electron chi connectivity index (χ0n) is 13.6. The SMILES string of the molecule is O=C(Cc1ccc2c(c1)CCC2)N1CCN(C(=O)C2CC2)CC1. The van der Waals surface area contributed by atoms with E-state index in [0.717, 1.165) is 24.8 Å². The zero-order chi connectivity index (χ0) is 15.8. The molecular formula is C19H24N2O2. The lowest BCUT2D eigenvalue weighted by Gasteiger charge is -2.35. The predicted octanol–water partition coefficient (Wildman–Crippen LogP) is 1.80. The van der Waals surface area contributed by atoms with E-state index in [1.807, 2.05) is 9.80 Å². The number of piperazine rings is 1. The number of aryl methyl sites for hydroxylation is 2. The number of benzene rings is 1. The van der Waals surface area contributed by atoms with Gasteiger partial charge in [0.2, 0.25) is 11.8 Å². The molecule has 122 valence electrons. The van der Waals surface area contributed by atoms with Crippen molar-refractivity contribution in [3.05, 3.63) is 34.9 Å². The van der Waals surface area contributed by atoms with Crippen molar-refractivity contribution in [2.24, 2.45) is 5.92 Å². The monoisotopic (exact) mass is 312 g/mol. The van der Waals surface area contributed by atoms with Gasteiger partial charge in [-0.15, -0.1) is 0 Å². The molecule has 1 aliphatic heterocycles. The van der Waals surface area contributed by atoms with Crippen molar-refractivity contribution < 1.29 is 9.59 Å². The van der Waals surface area contributed by atoms with Crippen LogP contribution in [0.4, 0.5) is 0 Å². The van der Waals surface area contributed by atoms with Crippen molar-refractivity contribution in [3.63, 3.8) is 0 Å². The first-order chi connectivity index (χ1) is 11.2. The van der Waals surface area contributed by atoms with Crippen LogP contribution in [0, 0.1) is 5.92 Å². The fourth-order valence-electron chi connectivity index (χ4n) is 3.79. The van der Waals surface area contributed by atoms with Crippen molar-refractivity contribution >= 4 is 11.8 Å². The van der Waals surface area contributed by atoms with Crippen LogP contribution in [0.5, 0.6) is 0 Å². The summed E-state index contributed by atoms with van der Waals surface area (Å²) in [6, 6.07) is 6.51. The maximum absolute atomic E-state index is 12.5. The minimum Gasteiger partial charge on any atom is -0.339 e. The van der Waals surface area contributed by atoms with Gasteiger partial charge in [-0.25, -0.2) is 0 Å². The van der Waals surface area contributed by atoms with E-state index in [-0.39, 0.29) is 11.8 Å². The minimum atomic E-state index is 0.196. The molecule has 1 saturated carbocycles. The normalized spacial score (nSPS) is 20.5. The van der Waals surface area contributed by atoms with Crippen molar-refractivity contribution in [1.29, 1.82) is 0 Å². The first kappa shape index (κ1) is 14.7. The Morgan fingerprint density at radius 2 is 1.65 bits per heavy atom. The van der Waals surface area contributed by atoms with Crippen molar-refractivity contribution in [2.45, 2.75) is 38.5 Å². The van der Waals surface area contributed by atoms with Gasteiger partial charge >= 0.3 is 0 Å². The number of carbonyl (C=O) groups is 2. The lowest BCUT2D eigenvalue weighted by Crippen LogP contribution is -2.51. The van der Waals surface area contributed by atoms with Crippen LogP contribution < -0.4 is 0 Å².